The van der Waals surface area contributed by atoms with E-state index in [0.29, 0.717) is 22.1 Å². The van der Waals surface area contributed by atoms with Gasteiger partial charge in [0.15, 0.2) is 0 Å². The number of thiophene rings is 1. The zero-order chi connectivity index (χ0) is 20.1. The predicted octanol–water partition coefficient (Wildman–Crippen LogP) is 4.50. The van der Waals surface area contributed by atoms with Crippen molar-refractivity contribution < 1.29 is 13.2 Å². The van der Waals surface area contributed by atoms with E-state index in [0.717, 1.165) is 21.3 Å². The first kappa shape index (κ1) is 20.7. The minimum Gasteiger partial charge on any atom is -0.352 e. The molecule has 0 aliphatic heterocycles. The monoisotopic (exact) mass is 453 g/mol. The van der Waals surface area contributed by atoms with Gasteiger partial charge in [-0.2, -0.15) is 0 Å². The number of nitrogens with one attached hydrogen (secondary N) is 2. The van der Waals surface area contributed by atoms with Crippen molar-refractivity contribution in [3.8, 4) is 0 Å². The summed E-state index contributed by atoms with van der Waals surface area (Å²) in [5, 5.41) is 3.45. The molecule has 0 spiro atoms. The normalized spacial score (nSPS) is 11.2. The smallest absolute Gasteiger partial charge is 0.271 e. The molecule has 1 amide bonds. The topological polar surface area (TPSA) is 88.2 Å². The third-order valence-corrected chi connectivity index (χ3v) is 7.54. The SMILES string of the molecule is CCNC(=O)c1ccc(Sc2ccc(NS(=O)(=O)c3ccc(Cl)s3)cc2)nc1. The van der Waals surface area contributed by atoms with E-state index in [1.165, 1.54) is 24.0 Å². The number of rotatable bonds is 7. The van der Waals surface area contributed by atoms with Crippen LogP contribution in [0.25, 0.3) is 0 Å². The molecular formula is C18H16ClN3O3S3. The lowest BCUT2D eigenvalue weighted by molar-refractivity contribution is 0.0955. The van der Waals surface area contributed by atoms with E-state index < -0.39 is 10.0 Å². The van der Waals surface area contributed by atoms with Gasteiger partial charge in [-0.3, -0.25) is 9.52 Å². The maximum Gasteiger partial charge on any atom is 0.271 e. The Hall–Kier alpha value is -2.07. The fourth-order valence-corrected chi connectivity index (χ4v) is 5.49. The molecule has 0 radical (unpaired) electrons. The summed E-state index contributed by atoms with van der Waals surface area (Å²) in [7, 11) is -3.65. The second-order valence-corrected chi connectivity index (χ2v) is 10.3. The number of carbonyl (C=O) groups is 1. The molecule has 3 rings (SSSR count). The molecule has 10 heteroatoms. The van der Waals surface area contributed by atoms with Crippen LogP contribution in [-0.4, -0.2) is 25.9 Å². The minimum atomic E-state index is -3.65. The Bertz CT molecular complexity index is 1070. The Morgan fingerprint density at radius 3 is 2.46 bits per heavy atom. The van der Waals surface area contributed by atoms with Gasteiger partial charge in [-0.1, -0.05) is 23.4 Å². The molecule has 2 heterocycles. The largest absolute Gasteiger partial charge is 0.352 e. The zero-order valence-corrected chi connectivity index (χ0v) is 17.9. The molecule has 2 N–H and O–H groups in total. The summed E-state index contributed by atoms with van der Waals surface area (Å²) in [5.74, 6) is -0.157. The second kappa shape index (κ2) is 8.95. The van der Waals surface area contributed by atoms with E-state index >= 15 is 0 Å². The molecular weight excluding hydrogens is 438 g/mol. The van der Waals surface area contributed by atoms with Crippen molar-refractivity contribution in [1.82, 2.24) is 10.3 Å². The Morgan fingerprint density at radius 1 is 1.14 bits per heavy atom. The number of amides is 1. The van der Waals surface area contributed by atoms with Crippen LogP contribution in [0, 0.1) is 0 Å². The van der Waals surface area contributed by atoms with Gasteiger partial charge in [-0.25, -0.2) is 13.4 Å². The lowest BCUT2D eigenvalue weighted by Gasteiger charge is -2.07. The Balaban J connectivity index is 1.65. The standard InChI is InChI=1S/C18H16ClN3O3S3/c1-2-20-18(23)12-3-9-16(21-11-12)26-14-6-4-13(5-7-14)22-28(24,25)17-10-8-15(19)27-17/h3-11,22H,2H2,1H3,(H,20,23). The summed E-state index contributed by atoms with van der Waals surface area (Å²) in [6.45, 7) is 2.42. The van der Waals surface area contributed by atoms with Crippen LogP contribution in [0.1, 0.15) is 17.3 Å². The second-order valence-electron chi connectivity index (χ2n) is 5.54. The number of carbonyl (C=O) groups excluding carboxylic acids is 1. The Kier molecular flexibility index (Phi) is 6.61. The van der Waals surface area contributed by atoms with Crippen LogP contribution in [-0.2, 0) is 10.0 Å². The van der Waals surface area contributed by atoms with Gasteiger partial charge in [0.1, 0.15) is 9.24 Å². The van der Waals surface area contributed by atoms with Gasteiger partial charge >= 0.3 is 0 Å². The lowest BCUT2D eigenvalue weighted by Crippen LogP contribution is -2.22. The summed E-state index contributed by atoms with van der Waals surface area (Å²) >= 11 is 8.22. The highest BCUT2D eigenvalue weighted by Crippen LogP contribution is 2.29. The van der Waals surface area contributed by atoms with Gasteiger partial charge < -0.3 is 5.32 Å². The summed E-state index contributed by atoms with van der Waals surface area (Å²) in [5.41, 5.74) is 0.957. The van der Waals surface area contributed by atoms with Crippen LogP contribution in [0.4, 0.5) is 5.69 Å². The number of aromatic nitrogens is 1. The van der Waals surface area contributed by atoms with Crippen LogP contribution in [0.3, 0.4) is 0 Å². The number of hydrogen-bond acceptors (Lipinski definition) is 6. The van der Waals surface area contributed by atoms with Crippen molar-refractivity contribution in [3.63, 3.8) is 0 Å². The summed E-state index contributed by atoms with van der Waals surface area (Å²) < 4.78 is 27.7. The quantitative estimate of drug-likeness (QED) is 0.550. The average Bonchev–Trinajstić information content (AvgIpc) is 3.11. The van der Waals surface area contributed by atoms with Crippen LogP contribution in [0.15, 0.2) is 68.9 Å². The van der Waals surface area contributed by atoms with Crippen LogP contribution >= 0.6 is 34.7 Å². The number of halogens is 1. The summed E-state index contributed by atoms with van der Waals surface area (Å²) in [4.78, 5) is 16.9. The molecule has 3 aromatic rings. The van der Waals surface area contributed by atoms with Crippen LogP contribution in [0.2, 0.25) is 4.34 Å². The van der Waals surface area contributed by atoms with Gasteiger partial charge in [0.2, 0.25) is 0 Å². The minimum absolute atomic E-state index is 0.157. The Morgan fingerprint density at radius 2 is 1.89 bits per heavy atom. The van der Waals surface area contributed by atoms with Gasteiger partial charge in [0, 0.05) is 23.3 Å². The average molecular weight is 454 g/mol. The van der Waals surface area contributed by atoms with Crippen LogP contribution < -0.4 is 10.0 Å². The number of pyridine rings is 1. The number of nitrogens with zero attached hydrogens (tertiary/aromatic N) is 1. The molecule has 0 saturated heterocycles. The first-order chi connectivity index (χ1) is 13.4. The fourth-order valence-electron chi connectivity index (χ4n) is 2.20. The lowest BCUT2D eigenvalue weighted by atomic mass is 10.3. The number of hydrogen-bond donors (Lipinski definition) is 2. The highest BCUT2D eigenvalue weighted by molar-refractivity contribution is 7.99. The first-order valence-corrected chi connectivity index (χ1v) is 11.7. The highest BCUT2D eigenvalue weighted by Gasteiger charge is 2.16. The molecule has 6 nitrogen and oxygen atoms in total. The van der Waals surface area contributed by atoms with E-state index in [1.807, 2.05) is 6.92 Å². The van der Waals surface area contributed by atoms with Gasteiger partial charge in [-0.15, -0.1) is 11.3 Å². The van der Waals surface area contributed by atoms with Gasteiger partial charge in [0.05, 0.1) is 9.90 Å². The van der Waals surface area contributed by atoms with E-state index in [-0.39, 0.29) is 10.1 Å². The highest BCUT2D eigenvalue weighted by atomic mass is 35.5. The maximum atomic E-state index is 12.3. The van der Waals surface area contributed by atoms with E-state index in [2.05, 4.69) is 15.0 Å². The third-order valence-electron chi connectivity index (χ3n) is 3.48. The number of anilines is 1. The van der Waals surface area contributed by atoms with E-state index in [9.17, 15) is 13.2 Å². The van der Waals surface area contributed by atoms with Crippen molar-refractivity contribution in [3.05, 3.63) is 64.6 Å². The van der Waals surface area contributed by atoms with Crippen molar-refractivity contribution in [2.75, 3.05) is 11.3 Å². The maximum absolute atomic E-state index is 12.3. The molecule has 0 aliphatic carbocycles. The molecule has 2 aromatic heterocycles. The molecule has 0 saturated carbocycles. The van der Waals surface area contributed by atoms with E-state index in [4.69, 9.17) is 11.6 Å². The fraction of sp³-hybridized carbons (Fsp3) is 0.111. The molecule has 0 bridgehead atoms. The number of sulfonamides is 1. The van der Waals surface area contributed by atoms with Crippen molar-refractivity contribution in [2.24, 2.45) is 0 Å². The van der Waals surface area contributed by atoms with Gasteiger partial charge in [0.25, 0.3) is 15.9 Å². The van der Waals surface area contributed by atoms with Crippen molar-refractivity contribution >= 4 is 56.3 Å². The Labute approximate surface area is 176 Å². The van der Waals surface area contributed by atoms with E-state index in [1.54, 1.807) is 42.5 Å². The number of benzene rings is 1. The molecule has 0 atom stereocenters. The first-order valence-electron chi connectivity index (χ1n) is 8.18. The molecule has 1 aromatic carbocycles. The predicted molar refractivity (Wildman–Crippen MR) is 113 cm³/mol. The van der Waals surface area contributed by atoms with Crippen molar-refractivity contribution in [2.45, 2.75) is 21.1 Å². The molecule has 0 aliphatic rings. The third kappa shape index (κ3) is 5.26. The molecule has 146 valence electrons. The van der Waals surface area contributed by atoms with Crippen LogP contribution in [0.5, 0.6) is 0 Å². The molecule has 28 heavy (non-hydrogen) atoms. The molecule has 0 fully saturated rings. The van der Waals surface area contributed by atoms with Gasteiger partial charge in [-0.05, 0) is 55.5 Å². The summed E-state index contributed by atoms with van der Waals surface area (Å²) in [6, 6.07) is 13.4. The summed E-state index contributed by atoms with van der Waals surface area (Å²) in [6.07, 6.45) is 1.53. The molecule has 0 unspecified atom stereocenters. The van der Waals surface area contributed by atoms with Crippen molar-refractivity contribution in [1.29, 1.82) is 0 Å². The zero-order valence-electron chi connectivity index (χ0n) is 14.7.